The van der Waals surface area contributed by atoms with Crippen LogP contribution in [0.15, 0.2) is 70.6 Å². The lowest BCUT2D eigenvalue weighted by Gasteiger charge is -2.08. The number of ether oxygens (including phenoxy) is 1. The Kier molecular flexibility index (Phi) is 5.82. The fourth-order valence-corrected chi connectivity index (χ4v) is 3.86. The van der Waals surface area contributed by atoms with E-state index < -0.39 is 20.7 Å². The largest absolute Gasteiger partial charge is 0.465 e. The maximum atomic E-state index is 12.9. The Balaban J connectivity index is 2.22. The monoisotopic (exact) mass is 427 g/mol. The molecule has 0 bridgehead atoms. The third-order valence-corrected chi connectivity index (χ3v) is 5.94. The van der Waals surface area contributed by atoms with Crippen LogP contribution in [0.25, 0.3) is 11.8 Å². The molecule has 146 valence electrons. The molecule has 0 saturated carbocycles. The second-order valence-electron chi connectivity index (χ2n) is 5.76. The van der Waals surface area contributed by atoms with Gasteiger partial charge in [0.2, 0.25) is 9.84 Å². The van der Waals surface area contributed by atoms with E-state index in [1.807, 2.05) is 0 Å². The van der Waals surface area contributed by atoms with Crippen LogP contribution in [0.3, 0.4) is 0 Å². The van der Waals surface area contributed by atoms with Crippen molar-refractivity contribution in [2.45, 2.75) is 4.90 Å². The minimum atomic E-state index is -4.10. The molecular weight excluding hydrogens is 414 g/mol. The number of methoxy groups -OCH3 is 1. The van der Waals surface area contributed by atoms with Crippen LogP contribution in [-0.2, 0) is 14.6 Å². The van der Waals surface area contributed by atoms with Crippen LogP contribution < -0.4 is 0 Å². The number of hydrogen-bond donors (Lipinski definition) is 0. The first-order valence-corrected chi connectivity index (χ1v) is 10.1. The number of nitriles is 1. The van der Waals surface area contributed by atoms with Crippen molar-refractivity contribution in [3.05, 3.63) is 82.0 Å². The van der Waals surface area contributed by atoms with Gasteiger partial charge in [-0.15, -0.1) is 0 Å². The van der Waals surface area contributed by atoms with Gasteiger partial charge < -0.3 is 4.74 Å². The molecule has 0 fully saturated rings. The van der Waals surface area contributed by atoms with E-state index in [9.17, 15) is 18.5 Å². The molecule has 29 heavy (non-hydrogen) atoms. The quantitative estimate of drug-likeness (QED) is 0.455. The number of nitrogens with zero attached hydrogens (tertiary/aromatic N) is 3. The van der Waals surface area contributed by atoms with E-state index in [1.165, 1.54) is 30.1 Å². The Morgan fingerprint density at radius 1 is 1.17 bits per heavy atom. The summed E-state index contributed by atoms with van der Waals surface area (Å²) in [5, 5.41) is 14.2. The number of benzene rings is 2. The van der Waals surface area contributed by atoms with Gasteiger partial charge in [0.1, 0.15) is 11.6 Å². The van der Waals surface area contributed by atoms with Crippen molar-refractivity contribution < 1.29 is 17.9 Å². The molecule has 0 radical (unpaired) electrons. The summed E-state index contributed by atoms with van der Waals surface area (Å²) in [5.41, 5.74) is 0.624. The predicted molar refractivity (Wildman–Crippen MR) is 107 cm³/mol. The van der Waals surface area contributed by atoms with Crippen molar-refractivity contribution in [1.82, 2.24) is 9.78 Å². The van der Waals surface area contributed by atoms with Gasteiger partial charge in [0, 0.05) is 5.02 Å². The Bertz CT molecular complexity index is 1220. The van der Waals surface area contributed by atoms with Crippen LogP contribution in [-0.4, -0.2) is 31.3 Å². The number of carbonyl (C=O) groups is 1. The number of hydrogen-bond acceptors (Lipinski definition) is 6. The Morgan fingerprint density at radius 3 is 2.41 bits per heavy atom. The van der Waals surface area contributed by atoms with Crippen LogP contribution in [0.5, 0.6) is 0 Å². The smallest absolute Gasteiger partial charge is 0.341 e. The first kappa shape index (κ1) is 20.3. The van der Waals surface area contributed by atoms with Crippen molar-refractivity contribution in [3.8, 4) is 11.8 Å². The summed E-state index contributed by atoms with van der Waals surface area (Å²) in [5.74, 6) is -0.717. The molecule has 0 aliphatic rings. The van der Waals surface area contributed by atoms with E-state index in [1.54, 1.807) is 48.5 Å². The summed E-state index contributed by atoms with van der Waals surface area (Å²) in [4.78, 5) is 11.6. The summed E-state index contributed by atoms with van der Waals surface area (Å²) in [7, 11) is -2.90. The number of halogens is 1. The Labute approximate surface area is 172 Å². The van der Waals surface area contributed by atoms with Crippen LogP contribution in [0.4, 0.5) is 0 Å². The van der Waals surface area contributed by atoms with Gasteiger partial charge in [-0.3, -0.25) is 0 Å². The van der Waals surface area contributed by atoms with Crippen LogP contribution in [0.1, 0.15) is 16.1 Å². The van der Waals surface area contributed by atoms with Gasteiger partial charge in [-0.25, -0.2) is 17.9 Å². The van der Waals surface area contributed by atoms with E-state index in [0.29, 0.717) is 10.7 Å². The lowest BCUT2D eigenvalue weighted by Crippen LogP contribution is -2.08. The molecule has 3 aromatic rings. The zero-order valence-corrected chi connectivity index (χ0v) is 16.7. The topological polar surface area (TPSA) is 102 Å². The molecule has 0 spiro atoms. The highest BCUT2D eigenvalue weighted by atomic mass is 35.5. The summed E-state index contributed by atoms with van der Waals surface area (Å²) >= 11 is 5.91. The standard InChI is InChI=1S/C20H14ClN3O4S/c1-28-20(25)18-13-23-24(15-9-7-14(21)8-10-15)19(18)11-17(12-22)29(26,27)16-5-3-2-4-6-16/h2-11,13H,1H3/b17-11+. The highest BCUT2D eigenvalue weighted by molar-refractivity contribution is 7.95. The van der Waals surface area contributed by atoms with Gasteiger partial charge in [0.25, 0.3) is 0 Å². The molecule has 9 heteroatoms. The number of allylic oxidation sites excluding steroid dienone is 1. The first-order valence-electron chi connectivity index (χ1n) is 8.22. The van der Waals surface area contributed by atoms with Crippen LogP contribution in [0, 0.1) is 11.3 Å². The van der Waals surface area contributed by atoms with E-state index in [-0.39, 0.29) is 16.2 Å². The number of aromatic nitrogens is 2. The van der Waals surface area contributed by atoms with E-state index in [4.69, 9.17) is 16.3 Å². The lowest BCUT2D eigenvalue weighted by atomic mass is 10.2. The minimum absolute atomic E-state index is 0.0125. The van der Waals surface area contributed by atoms with Crippen molar-refractivity contribution in [2.75, 3.05) is 7.11 Å². The number of esters is 1. The molecule has 0 aliphatic carbocycles. The highest BCUT2D eigenvalue weighted by Gasteiger charge is 2.24. The number of rotatable bonds is 5. The fraction of sp³-hybridized carbons (Fsp3) is 0.0500. The molecule has 0 unspecified atom stereocenters. The summed E-state index contributed by atoms with van der Waals surface area (Å²) < 4.78 is 31.8. The number of sulfone groups is 1. The van der Waals surface area contributed by atoms with E-state index >= 15 is 0 Å². The molecule has 0 aliphatic heterocycles. The average molecular weight is 428 g/mol. The normalized spacial score (nSPS) is 11.7. The molecule has 0 atom stereocenters. The molecule has 0 N–H and O–H groups in total. The molecule has 7 nitrogen and oxygen atoms in total. The van der Waals surface area contributed by atoms with Gasteiger partial charge in [-0.1, -0.05) is 29.8 Å². The summed E-state index contributed by atoms with van der Waals surface area (Å²) in [6.07, 6.45) is 2.35. The highest BCUT2D eigenvalue weighted by Crippen LogP contribution is 2.25. The van der Waals surface area contributed by atoms with Crippen molar-refractivity contribution in [3.63, 3.8) is 0 Å². The average Bonchev–Trinajstić information content (AvgIpc) is 3.16. The van der Waals surface area contributed by atoms with E-state index in [2.05, 4.69) is 5.10 Å². The summed E-state index contributed by atoms with van der Waals surface area (Å²) in [6, 6.07) is 15.8. The fourth-order valence-electron chi connectivity index (χ4n) is 2.57. The van der Waals surface area contributed by atoms with Crippen molar-refractivity contribution in [1.29, 1.82) is 5.26 Å². The van der Waals surface area contributed by atoms with Crippen molar-refractivity contribution >= 4 is 33.5 Å². The minimum Gasteiger partial charge on any atom is -0.465 e. The molecule has 1 heterocycles. The third-order valence-electron chi connectivity index (χ3n) is 4.00. The molecule has 0 saturated heterocycles. The van der Waals surface area contributed by atoms with Gasteiger partial charge in [-0.2, -0.15) is 10.4 Å². The number of carbonyl (C=O) groups excluding carboxylic acids is 1. The van der Waals surface area contributed by atoms with E-state index in [0.717, 1.165) is 6.08 Å². The second-order valence-corrected chi connectivity index (χ2v) is 8.11. The maximum Gasteiger partial charge on any atom is 0.341 e. The third kappa shape index (κ3) is 4.06. The Morgan fingerprint density at radius 2 is 1.83 bits per heavy atom. The Hall–Kier alpha value is -3.41. The zero-order valence-electron chi connectivity index (χ0n) is 15.1. The van der Waals surface area contributed by atoms with Crippen LogP contribution in [0.2, 0.25) is 5.02 Å². The maximum absolute atomic E-state index is 12.9. The van der Waals surface area contributed by atoms with Gasteiger partial charge in [0.15, 0.2) is 4.91 Å². The first-order chi connectivity index (χ1) is 13.9. The molecule has 3 rings (SSSR count). The molecule has 1 aromatic heterocycles. The summed E-state index contributed by atoms with van der Waals surface area (Å²) in [6.45, 7) is 0. The molecule has 0 amide bonds. The van der Waals surface area contributed by atoms with Gasteiger partial charge >= 0.3 is 5.97 Å². The molecular formula is C20H14ClN3O4S. The van der Waals surface area contributed by atoms with Crippen molar-refractivity contribution in [2.24, 2.45) is 0 Å². The lowest BCUT2D eigenvalue weighted by molar-refractivity contribution is 0.0600. The zero-order chi connectivity index (χ0) is 21.0. The molecule has 2 aromatic carbocycles. The van der Waals surface area contributed by atoms with Gasteiger partial charge in [0.05, 0.1) is 29.6 Å². The predicted octanol–water partition coefficient (Wildman–Crippen LogP) is 3.65. The SMILES string of the molecule is COC(=O)c1cnn(-c2ccc(Cl)cc2)c1/C=C(\C#N)S(=O)(=O)c1ccccc1. The van der Waals surface area contributed by atoms with Crippen LogP contribution >= 0.6 is 11.6 Å². The second kappa shape index (κ2) is 8.31. The van der Waals surface area contributed by atoms with Gasteiger partial charge in [-0.05, 0) is 42.5 Å².